The molecule has 6 rings (SSSR count). The number of nitrogens with one attached hydrogen (secondary N) is 10. The SMILES string of the molecule is NCCCC[C@H](NC(=O)[C@H](CCC(=O)O)NC(=O)CN)C(=O)NCC(=O)N[C@@H](CO)C(=O)N1CCC[C@H]1C(=O)NCC(=O)N[C@@H](Cc1ccccc1)C(=O)N1CCC[C@H]1C(=O)NCC(=O)N[C@@H](CCC(=O)O)C(=O)N1CCC[C@H]1C(=O)NCC(=O)N[C@@H](Cc1ccc(O)cc1)C(=O)N1CCC[C@H]1C(=O)O. The molecular formula is C67H94N16O22. The van der Waals surface area contributed by atoms with Crippen molar-refractivity contribution in [3.05, 3.63) is 65.7 Å². The van der Waals surface area contributed by atoms with E-state index in [-0.39, 0.29) is 103 Å². The van der Waals surface area contributed by atoms with Crippen molar-refractivity contribution in [2.24, 2.45) is 11.5 Å². The number of aliphatic hydroxyl groups is 1. The van der Waals surface area contributed by atoms with E-state index in [1.807, 2.05) is 0 Å². The number of aliphatic carboxylic acids is 3. The molecule has 38 heteroatoms. The minimum Gasteiger partial charge on any atom is -0.508 e. The second-order valence-corrected chi connectivity index (χ2v) is 25.7. The van der Waals surface area contributed by atoms with Crippen LogP contribution in [0.2, 0.25) is 0 Å². The predicted molar refractivity (Wildman–Crippen MR) is 365 cm³/mol. The Kier molecular flexibility index (Phi) is 32.8. The van der Waals surface area contributed by atoms with Crippen LogP contribution in [0.15, 0.2) is 54.6 Å². The Morgan fingerprint density at radius 1 is 0.410 bits per heavy atom. The van der Waals surface area contributed by atoms with E-state index in [2.05, 4.69) is 53.2 Å². The van der Waals surface area contributed by atoms with E-state index in [9.17, 15) is 102 Å². The van der Waals surface area contributed by atoms with Gasteiger partial charge in [0.1, 0.15) is 66.2 Å². The number of aliphatic hydroxyl groups excluding tert-OH is 1. The molecule has 2 aromatic carbocycles. The molecule has 0 saturated carbocycles. The maximum absolute atomic E-state index is 14.5. The van der Waals surface area contributed by atoms with Crippen molar-refractivity contribution in [3.63, 3.8) is 0 Å². The van der Waals surface area contributed by atoms with Crippen molar-refractivity contribution < 1.29 is 107 Å². The first-order chi connectivity index (χ1) is 50.1. The number of nitrogens with two attached hydrogens (primary N) is 2. The predicted octanol–water partition coefficient (Wildman–Crippen LogP) is -6.59. The lowest BCUT2D eigenvalue weighted by Crippen LogP contribution is -2.58. The van der Waals surface area contributed by atoms with Gasteiger partial charge in [-0.2, -0.15) is 0 Å². The fourth-order valence-electron chi connectivity index (χ4n) is 12.8. The van der Waals surface area contributed by atoms with E-state index in [1.54, 1.807) is 30.3 Å². The summed E-state index contributed by atoms with van der Waals surface area (Å²) < 4.78 is 0. The van der Waals surface area contributed by atoms with Gasteiger partial charge in [-0.1, -0.05) is 42.5 Å². The molecule has 38 nitrogen and oxygen atoms in total. The number of carbonyl (C=O) groups excluding carboxylic acids is 14. The zero-order chi connectivity index (χ0) is 76.9. The zero-order valence-corrected chi connectivity index (χ0v) is 57.9. The molecule has 4 heterocycles. The van der Waals surface area contributed by atoms with E-state index >= 15 is 0 Å². The minimum absolute atomic E-state index is 0.00864. The summed E-state index contributed by atoms with van der Waals surface area (Å²) in [5.74, 6) is -15.6. The van der Waals surface area contributed by atoms with Crippen LogP contribution >= 0.6 is 0 Å². The smallest absolute Gasteiger partial charge is 0.326 e. The van der Waals surface area contributed by atoms with E-state index in [4.69, 9.17) is 16.6 Å². The Bertz CT molecular complexity index is 3480. The second kappa shape index (κ2) is 41.4. The molecule has 4 fully saturated rings. The van der Waals surface area contributed by atoms with Gasteiger partial charge in [-0.25, -0.2) is 4.79 Å². The van der Waals surface area contributed by atoms with Gasteiger partial charge in [0.15, 0.2) is 0 Å². The van der Waals surface area contributed by atoms with E-state index in [0.29, 0.717) is 36.8 Å². The highest BCUT2D eigenvalue weighted by Crippen LogP contribution is 2.24. The van der Waals surface area contributed by atoms with Crippen LogP contribution < -0.4 is 64.6 Å². The minimum atomic E-state index is -1.63. The summed E-state index contributed by atoms with van der Waals surface area (Å²) in [7, 11) is 0. The monoisotopic (exact) mass is 1470 g/mol. The lowest BCUT2D eigenvalue weighted by molar-refractivity contribution is -0.149. The Balaban J connectivity index is 1.01. The van der Waals surface area contributed by atoms with E-state index in [1.165, 1.54) is 29.2 Å². The van der Waals surface area contributed by atoms with Crippen molar-refractivity contribution in [1.82, 2.24) is 72.8 Å². The molecule has 105 heavy (non-hydrogen) atoms. The summed E-state index contributed by atoms with van der Waals surface area (Å²) >= 11 is 0. The third kappa shape index (κ3) is 25.5. The number of hydrogen-bond donors (Lipinski definition) is 17. The number of amides is 14. The summed E-state index contributed by atoms with van der Waals surface area (Å²) in [6, 6.07) is 1.06. The Labute approximate surface area is 602 Å². The van der Waals surface area contributed by atoms with Gasteiger partial charge in [0.2, 0.25) is 82.7 Å². The van der Waals surface area contributed by atoms with E-state index < -0.39 is 220 Å². The third-order valence-corrected chi connectivity index (χ3v) is 18.1. The highest BCUT2D eigenvalue weighted by Gasteiger charge is 2.43. The highest BCUT2D eigenvalue weighted by molar-refractivity contribution is 5.99. The molecule has 19 N–H and O–H groups in total. The molecule has 0 unspecified atom stereocenters. The zero-order valence-electron chi connectivity index (χ0n) is 57.9. The lowest BCUT2D eigenvalue weighted by atomic mass is 10.0. The molecule has 574 valence electrons. The first-order valence-corrected chi connectivity index (χ1v) is 34.7. The van der Waals surface area contributed by atoms with Crippen LogP contribution in [-0.2, 0) is 94.3 Å². The first-order valence-electron chi connectivity index (χ1n) is 34.7. The van der Waals surface area contributed by atoms with Crippen LogP contribution in [0.5, 0.6) is 5.75 Å². The van der Waals surface area contributed by atoms with Crippen LogP contribution in [0.25, 0.3) is 0 Å². The fourth-order valence-corrected chi connectivity index (χ4v) is 12.8. The van der Waals surface area contributed by atoms with Gasteiger partial charge in [0.05, 0.1) is 39.3 Å². The number of benzene rings is 2. The molecule has 4 aliphatic rings. The Hall–Kier alpha value is -10.9. The molecule has 4 aliphatic heterocycles. The number of carboxylic acid groups (broad SMARTS) is 3. The first kappa shape index (κ1) is 83.1. The normalized spacial score (nSPS) is 18.5. The number of aromatic hydroxyl groups is 1. The van der Waals surface area contributed by atoms with Crippen molar-refractivity contribution in [2.45, 2.75) is 170 Å². The summed E-state index contributed by atoms with van der Waals surface area (Å²) in [6.45, 7) is -4.07. The average Bonchev–Trinajstić information content (AvgIpc) is 1.73. The standard InChI is InChI=1S/C67H94N16O22/c68-25-5-4-12-41(79-59(96)42(21-23-56(91)92)74-51(86)32-69)58(95)70-33-55(90)78-46(37-84)66(103)82-28-8-15-49(82)62(99)73-35-53(88)76-44(30-38-10-2-1-3-11-38)64(101)81-27-7-14-48(81)61(98)71-34-52(87)75-43(22-24-57(93)94)63(100)80-26-6-13-47(80)60(97)72-36-54(89)77-45(31-39-17-19-40(85)20-18-39)65(102)83-29-9-16-50(83)67(104)105/h1-3,10-11,17-20,41-50,84-85H,4-9,12-16,21-37,68-69H2,(H,70,95)(H,71,98)(H,72,97)(H,73,99)(H,74,86)(H,75,87)(H,76,88)(H,77,89)(H,78,90)(H,79,96)(H,91,92)(H,93,94)(H,104,105)/t41-,42-,43-,44-,45-,46-,47-,48-,49-,50-/m0/s1. The van der Waals surface area contributed by atoms with Gasteiger partial charge in [-0.05, 0) is 113 Å². The van der Waals surface area contributed by atoms with Crippen LogP contribution in [0.3, 0.4) is 0 Å². The Morgan fingerprint density at radius 2 is 0.781 bits per heavy atom. The molecule has 10 atom stereocenters. The Morgan fingerprint density at radius 3 is 1.21 bits per heavy atom. The van der Waals surface area contributed by atoms with Gasteiger partial charge in [-0.3, -0.25) is 76.7 Å². The van der Waals surface area contributed by atoms with Gasteiger partial charge in [-0.15, -0.1) is 0 Å². The number of hydrogen-bond acceptors (Lipinski definition) is 21. The summed E-state index contributed by atoms with van der Waals surface area (Å²) in [6.07, 6.45) is 0.424. The molecule has 0 aliphatic carbocycles. The van der Waals surface area contributed by atoms with Gasteiger partial charge in [0.25, 0.3) is 0 Å². The number of carbonyl (C=O) groups is 17. The maximum atomic E-state index is 14.5. The number of rotatable bonds is 40. The van der Waals surface area contributed by atoms with Crippen LogP contribution in [0.4, 0.5) is 0 Å². The number of unbranched alkanes of at least 4 members (excludes halogenated alkanes) is 1. The summed E-state index contributed by atoms with van der Waals surface area (Å²) in [5.41, 5.74) is 12.1. The summed E-state index contributed by atoms with van der Waals surface area (Å²) in [5, 5.41) is 73.0. The molecular weight excluding hydrogens is 1380 g/mol. The second-order valence-electron chi connectivity index (χ2n) is 25.7. The molecule has 2 aromatic rings. The number of carboxylic acids is 3. The van der Waals surface area contributed by atoms with Gasteiger partial charge >= 0.3 is 17.9 Å². The van der Waals surface area contributed by atoms with Crippen LogP contribution in [-0.4, -0.2) is 278 Å². The van der Waals surface area contributed by atoms with Crippen LogP contribution in [0.1, 0.15) is 107 Å². The topological polar surface area (TPSA) is 577 Å². The molecule has 0 bridgehead atoms. The van der Waals surface area contributed by atoms with Crippen molar-refractivity contribution >= 4 is 101 Å². The van der Waals surface area contributed by atoms with Crippen molar-refractivity contribution in [2.75, 3.05) is 72.1 Å². The number of phenols is 1. The van der Waals surface area contributed by atoms with Gasteiger partial charge in [0, 0.05) is 51.9 Å². The van der Waals surface area contributed by atoms with E-state index in [0.717, 1.165) is 14.7 Å². The molecule has 14 amide bonds. The van der Waals surface area contributed by atoms with Crippen molar-refractivity contribution in [1.29, 1.82) is 0 Å². The highest BCUT2D eigenvalue weighted by atomic mass is 16.4. The number of nitrogens with zero attached hydrogens (tertiary/aromatic N) is 4. The molecule has 4 saturated heterocycles. The van der Waals surface area contributed by atoms with Gasteiger partial charge < -0.3 is 110 Å². The number of likely N-dealkylation sites (tertiary alicyclic amines) is 4. The molecule has 0 radical (unpaired) electrons. The molecule has 0 aromatic heterocycles. The molecule has 0 spiro atoms. The maximum Gasteiger partial charge on any atom is 0.326 e. The number of phenolic OH excluding ortho intramolecular Hbond substituents is 1. The largest absolute Gasteiger partial charge is 0.508 e. The average molecular weight is 1480 g/mol. The third-order valence-electron chi connectivity index (χ3n) is 18.1. The fraction of sp³-hybridized carbons (Fsp3) is 0.567. The van der Waals surface area contributed by atoms with Crippen LogP contribution in [0, 0.1) is 0 Å². The van der Waals surface area contributed by atoms with Crippen molar-refractivity contribution in [3.8, 4) is 5.75 Å². The lowest BCUT2D eigenvalue weighted by Gasteiger charge is -2.30. The quantitative estimate of drug-likeness (QED) is 0.0276. The summed E-state index contributed by atoms with van der Waals surface area (Å²) in [4.78, 5) is 230.